The highest BCUT2D eigenvalue weighted by Crippen LogP contribution is 2.62. The summed E-state index contributed by atoms with van der Waals surface area (Å²) in [5.41, 5.74) is 2.65. The van der Waals surface area contributed by atoms with E-state index in [1.165, 1.54) is 31.3 Å². The third-order valence-corrected chi connectivity index (χ3v) is 7.20. The second-order valence-corrected chi connectivity index (χ2v) is 8.40. The fourth-order valence-electron chi connectivity index (χ4n) is 5.39. The van der Waals surface area contributed by atoms with Crippen LogP contribution in [0, 0.1) is 22.7 Å². The van der Waals surface area contributed by atoms with Crippen molar-refractivity contribution in [3.63, 3.8) is 0 Å². The maximum absolute atomic E-state index is 10.2. The molecule has 0 bridgehead atoms. The van der Waals surface area contributed by atoms with Gasteiger partial charge >= 0.3 is 0 Å². The van der Waals surface area contributed by atoms with E-state index in [0.717, 1.165) is 18.4 Å². The first-order valence-corrected chi connectivity index (χ1v) is 8.96. The minimum Gasteiger partial charge on any atom is -0.508 e. The lowest BCUT2D eigenvalue weighted by Crippen LogP contribution is -2.51. The summed E-state index contributed by atoms with van der Waals surface area (Å²) >= 11 is 0. The van der Waals surface area contributed by atoms with Gasteiger partial charge < -0.3 is 10.2 Å². The maximum atomic E-state index is 10.2. The summed E-state index contributed by atoms with van der Waals surface area (Å²) in [7, 11) is 0. The van der Waals surface area contributed by atoms with E-state index < -0.39 is 0 Å². The average Bonchev–Trinajstić information content (AvgIpc) is 2.50. The fraction of sp³-hybridized carbons (Fsp3) is 0.619. The summed E-state index contributed by atoms with van der Waals surface area (Å²) < 4.78 is 0. The van der Waals surface area contributed by atoms with Crippen LogP contribution in [0.2, 0.25) is 0 Å². The van der Waals surface area contributed by atoms with Crippen molar-refractivity contribution in [2.24, 2.45) is 22.7 Å². The molecule has 0 spiro atoms. The summed E-state index contributed by atoms with van der Waals surface area (Å²) in [6.07, 6.45) is 6.90. The van der Waals surface area contributed by atoms with Crippen molar-refractivity contribution in [1.29, 1.82) is 0 Å². The molecule has 0 amide bonds. The summed E-state index contributed by atoms with van der Waals surface area (Å²) in [4.78, 5) is 0. The third kappa shape index (κ3) is 2.56. The summed E-state index contributed by atoms with van der Waals surface area (Å²) in [5, 5.41) is 20.1. The Morgan fingerprint density at radius 1 is 1.22 bits per heavy atom. The van der Waals surface area contributed by atoms with E-state index in [2.05, 4.69) is 27.4 Å². The van der Waals surface area contributed by atoms with Crippen LogP contribution in [0.3, 0.4) is 0 Å². The Balaban J connectivity index is 1.99. The van der Waals surface area contributed by atoms with Crippen molar-refractivity contribution in [3.8, 4) is 11.5 Å². The first-order chi connectivity index (χ1) is 10.8. The summed E-state index contributed by atoms with van der Waals surface area (Å²) in [6, 6.07) is 4.90. The van der Waals surface area contributed by atoms with Gasteiger partial charge in [0.2, 0.25) is 0 Å². The molecule has 1 aromatic rings. The number of allylic oxidation sites excluding steroid dienone is 1. The summed E-state index contributed by atoms with van der Waals surface area (Å²) in [5.74, 6) is 1.74. The largest absolute Gasteiger partial charge is 0.508 e. The average molecular weight is 314 g/mol. The van der Waals surface area contributed by atoms with Crippen molar-refractivity contribution in [3.05, 3.63) is 35.9 Å². The zero-order chi connectivity index (χ0) is 16.8. The topological polar surface area (TPSA) is 40.5 Å². The van der Waals surface area contributed by atoms with Crippen LogP contribution >= 0.6 is 0 Å². The molecule has 126 valence electrons. The van der Waals surface area contributed by atoms with Crippen LogP contribution in [0.4, 0.5) is 0 Å². The maximum Gasteiger partial charge on any atom is 0.119 e. The van der Waals surface area contributed by atoms with Crippen LogP contribution < -0.4 is 0 Å². The molecule has 2 saturated carbocycles. The molecule has 2 heteroatoms. The molecule has 0 aromatic heterocycles. The number of phenolic OH excluding ortho intramolecular Hbond substituents is 2. The predicted molar refractivity (Wildman–Crippen MR) is 94.6 cm³/mol. The van der Waals surface area contributed by atoms with Gasteiger partial charge in [0.1, 0.15) is 11.5 Å². The van der Waals surface area contributed by atoms with Gasteiger partial charge in [-0.3, -0.25) is 0 Å². The van der Waals surface area contributed by atoms with E-state index in [0.29, 0.717) is 17.6 Å². The van der Waals surface area contributed by atoms with Gasteiger partial charge in [0.25, 0.3) is 0 Å². The van der Waals surface area contributed by atoms with Crippen LogP contribution in [0.1, 0.15) is 58.4 Å². The molecule has 2 aliphatic rings. The quantitative estimate of drug-likeness (QED) is 0.564. The molecule has 2 nitrogen and oxygen atoms in total. The lowest BCUT2D eigenvalue weighted by Gasteiger charge is -2.58. The number of rotatable bonds is 2. The van der Waals surface area contributed by atoms with Gasteiger partial charge in [0, 0.05) is 0 Å². The number of benzene rings is 1. The van der Waals surface area contributed by atoms with Crippen molar-refractivity contribution < 1.29 is 10.2 Å². The minimum atomic E-state index is 0.127. The second-order valence-electron chi connectivity index (χ2n) is 8.40. The molecule has 2 aliphatic carbocycles. The van der Waals surface area contributed by atoms with Gasteiger partial charge in [-0.1, -0.05) is 32.9 Å². The van der Waals surface area contributed by atoms with Crippen molar-refractivity contribution in [1.82, 2.24) is 0 Å². The SMILES string of the molecule is C=C1CCCC2[C@@]1(C)CC[C@H](C)[C@@]2(C)Cc1cc(O)ccc1O. The minimum absolute atomic E-state index is 0.127. The highest BCUT2D eigenvalue weighted by atomic mass is 16.3. The molecule has 23 heavy (non-hydrogen) atoms. The van der Waals surface area contributed by atoms with Crippen molar-refractivity contribution in [2.75, 3.05) is 0 Å². The van der Waals surface area contributed by atoms with E-state index in [9.17, 15) is 10.2 Å². The van der Waals surface area contributed by atoms with Gasteiger partial charge in [-0.25, -0.2) is 0 Å². The Labute approximate surface area is 140 Å². The molecule has 0 radical (unpaired) electrons. The van der Waals surface area contributed by atoms with Crippen LogP contribution in [0.25, 0.3) is 0 Å². The molecule has 0 heterocycles. The normalized spacial score (nSPS) is 37.4. The predicted octanol–water partition coefficient (Wildman–Crippen LogP) is 5.44. The van der Waals surface area contributed by atoms with Gasteiger partial charge in [0.05, 0.1) is 0 Å². The molecule has 2 N–H and O–H groups in total. The monoisotopic (exact) mass is 314 g/mol. The van der Waals surface area contributed by atoms with Crippen LogP contribution in [0.15, 0.2) is 30.4 Å². The number of hydrogen-bond donors (Lipinski definition) is 2. The first-order valence-electron chi connectivity index (χ1n) is 8.96. The molecule has 2 fully saturated rings. The van der Waals surface area contributed by atoms with E-state index >= 15 is 0 Å². The van der Waals surface area contributed by atoms with Gasteiger partial charge in [-0.2, -0.15) is 0 Å². The van der Waals surface area contributed by atoms with Crippen LogP contribution in [-0.4, -0.2) is 10.2 Å². The van der Waals surface area contributed by atoms with Crippen LogP contribution in [0.5, 0.6) is 11.5 Å². The number of aromatic hydroxyl groups is 2. The fourth-order valence-corrected chi connectivity index (χ4v) is 5.39. The molecular formula is C21H30O2. The number of hydrogen-bond acceptors (Lipinski definition) is 2. The molecule has 4 atom stereocenters. The second kappa shape index (κ2) is 5.58. The lowest BCUT2D eigenvalue weighted by molar-refractivity contribution is -0.0491. The van der Waals surface area contributed by atoms with E-state index in [4.69, 9.17) is 0 Å². The summed E-state index contributed by atoms with van der Waals surface area (Å²) in [6.45, 7) is 11.6. The Morgan fingerprint density at radius 2 is 1.96 bits per heavy atom. The van der Waals surface area contributed by atoms with Gasteiger partial charge in [0.15, 0.2) is 0 Å². The zero-order valence-electron chi connectivity index (χ0n) is 14.7. The van der Waals surface area contributed by atoms with E-state index in [1.54, 1.807) is 18.2 Å². The molecular weight excluding hydrogens is 284 g/mol. The molecule has 0 saturated heterocycles. The van der Waals surface area contributed by atoms with E-state index in [1.807, 2.05) is 0 Å². The highest BCUT2D eigenvalue weighted by molar-refractivity contribution is 5.39. The molecule has 1 aromatic carbocycles. The number of fused-ring (bicyclic) bond motifs is 1. The lowest BCUT2D eigenvalue weighted by atomic mass is 9.46. The first kappa shape index (κ1) is 16.4. The van der Waals surface area contributed by atoms with Crippen molar-refractivity contribution >= 4 is 0 Å². The molecule has 3 rings (SSSR count). The zero-order valence-corrected chi connectivity index (χ0v) is 14.7. The third-order valence-electron chi connectivity index (χ3n) is 7.20. The number of phenols is 2. The Hall–Kier alpha value is -1.44. The van der Waals surface area contributed by atoms with Crippen LogP contribution in [-0.2, 0) is 6.42 Å². The Kier molecular flexibility index (Phi) is 3.98. The standard InChI is InChI=1S/C21H30O2/c1-14-6-5-7-19-20(14,3)11-10-15(2)21(19,4)13-16-12-17(22)8-9-18(16)23/h8-9,12,15,19,22-23H,1,5-7,10-11,13H2,2-4H3/t15-,19?,20-,21+/m0/s1. The Bertz CT molecular complexity index is 620. The Morgan fingerprint density at radius 3 is 2.70 bits per heavy atom. The van der Waals surface area contributed by atoms with Crippen molar-refractivity contribution in [2.45, 2.75) is 59.3 Å². The van der Waals surface area contributed by atoms with Gasteiger partial charge in [-0.15, -0.1) is 0 Å². The van der Waals surface area contributed by atoms with E-state index in [-0.39, 0.29) is 16.6 Å². The smallest absolute Gasteiger partial charge is 0.119 e. The molecule has 0 aliphatic heterocycles. The highest BCUT2D eigenvalue weighted by Gasteiger charge is 2.53. The molecule has 1 unspecified atom stereocenters. The van der Waals surface area contributed by atoms with Gasteiger partial charge in [-0.05, 0) is 85.0 Å².